The highest BCUT2D eigenvalue weighted by atomic mass is 79.9. The maximum Gasteiger partial charge on any atom is 0.130 e. The number of hydrogen-bond acceptors (Lipinski definition) is 1. The van der Waals surface area contributed by atoms with Crippen LogP contribution in [0.5, 0.6) is 0 Å². The van der Waals surface area contributed by atoms with Crippen LogP contribution in [-0.2, 0) is 0 Å². The molecule has 0 aliphatic rings. The van der Waals surface area contributed by atoms with Gasteiger partial charge in [-0.25, -0.2) is 4.39 Å². The van der Waals surface area contributed by atoms with Crippen LogP contribution in [0.4, 0.5) is 4.39 Å². The van der Waals surface area contributed by atoms with Crippen molar-refractivity contribution in [3.63, 3.8) is 0 Å². The Hall–Kier alpha value is -0.900. The number of halogens is 3. The van der Waals surface area contributed by atoms with Gasteiger partial charge in [0.2, 0.25) is 0 Å². The first-order chi connectivity index (χ1) is 8.49. The lowest BCUT2D eigenvalue weighted by molar-refractivity contribution is 0.215. The molecule has 0 heterocycles. The molecule has 18 heavy (non-hydrogen) atoms. The Bertz CT molecular complexity index is 586. The zero-order valence-corrected chi connectivity index (χ0v) is 12.0. The molecule has 2 aromatic carbocycles. The lowest BCUT2D eigenvalue weighted by Gasteiger charge is -2.13. The van der Waals surface area contributed by atoms with Gasteiger partial charge in [0.1, 0.15) is 11.9 Å². The summed E-state index contributed by atoms with van der Waals surface area (Å²) in [5.41, 5.74) is 1.91. The van der Waals surface area contributed by atoms with Gasteiger partial charge in [-0.2, -0.15) is 0 Å². The molecular formula is C14H11BrClFO. The minimum atomic E-state index is -1.00. The lowest BCUT2D eigenvalue weighted by atomic mass is 10.0. The van der Waals surface area contributed by atoms with E-state index in [-0.39, 0.29) is 5.56 Å². The fraction of sp³-hybridized carbons (Fsp3) is 0.143. The van der Waals surface area contributed by atoms with E-state index in [0.717, 1.165) is 10.0 Å². The molecule has 1 nitrogen and oxygen atoms in total. The minimum absolute atomic E-state index is 0.218. The SMILES string of the molecule is Cc1ccc(C(O)c2ccc(Cl)cc2F)cc1Br. The van der Waals surface area contributed by atoms with Crippen molar-refractivity contribution in [2.75, 3.05) is 0 Å². The van der Waals surface area contributed by atoms with Crippen molar-refractivity contribution in [3.05, 3.63) is 68.4 Å². The molecule has 0 fully saturated rings. The van der Waals surface area contributed by atoms with Gasteiger partial charge in [-0.15, -0.1) is 0 Å². The number of aryl methyl sites for hydroxylation is 1. The second-order valence-corrected chi connectivity index (χ2v) is 5.37. The third-order valence-electron chi connectivity index (χ3n) is 2.77. The van der Waals surface area contributed by atoms with E-state index in [1.807, 2.05) is 13.0 Å². The first kappa shape index (κ1) is 13.5. The second-order valence-electron chi connectivity index (χ2n) is 4.08. The highest BCUT2D eigenvalue weighted by Gasteiger charge is 2.15. The summed E-state index contributed by atoms with van der Waals surface area (Å²) < 4.78 is 14.6. The average molecular weight is 330 g/mol. The van der Waals surface area contributed by atoms with Gasteiger partial charge >= 0.3 is 0 Å². The van der Waals surface area contributed by atoms with Crippen molar-refractivity contribution >= 4 is 27.5 Å². The summed E-state index contributed by atoms with van der Waals surface area (Å²) in [5.74, 6) is -0.508. The average Bonchev–Trinajstić information content (AvgIpc) is 2.32. The third-order valence-corrected chi connectivity index (χ3v) is 3.86. The Morgan fingerprint density at radius 3 is 2.56 bits per heavy atom. The monoisotopic (exact) mass is 328 g/mol. The fourth-order valence-electron chi connectivity index (χ4n) is 1.68. The molecule has 1 atom stereocenters. The Morgan fingerprint density at radius 2 is 1.94 bits per heavy atom. The first-order valence-corrected chi connectivity index (χ1v) is 6.55. The Kier molecular flexibility index (Phi) is 4.05. The quantitative estimate of drug-likeness (QED) is 0.851. The second kappa shape index (κ2) is 5.39. The summed E-state index contributed by atoms with van der Waals surface area (Å²) in [6.07, 6.45) is -1.00. The van der Waals surface area contributed by atoms with E-state index in [4.69, 9.17) is 11.6 Å². The van der Waals surface area contributed by atoms with Gasteiger partial charge < -0.3 is 5.11 Å². The topological polar surface area (TPSA) is 20.2 Å². The van der Waals surface area contributed by atoms with Crippen LogP contribution in [-0.4, -0.2) is 5.11 Å². The maximum atomic E-state index is 13.7. The van der Waals surface area contributed by atoms with Crippen LogP contribution in [0.15, 0.2) is 40.9 Å². The Labute approximate surface area is 118 Å². The van der Waals surface area contributed by atoms with Gasteiger partial charge in [-0.05, 0) is 36.2 Å². The molecule has 0 bridgehead atoms. The molecule has 0 aromatic heterocycles. The first-order valence-electron chi connectivity index (χ1n) is 5.38. The van der Waals surface area contributed by atoms with Crippen LogP contribution < -0.4 is 0 Å². The van der Waals surface area contributed by atoms with E-state index in [1.165, 1.54) is 12.1 Å². The highest BCUT2D eigenvalue weighted by molar-refractivity contribution is 9.10. The fourth-order valence-corrected chi connectivity index (χ4v) is 2.24. The van der Waals surface area contributed by atoms with Crippen molar-refractivity contribution in [1.82, 2.24) is 0 Å². The molecule has 94 valence electrons. The van der Waals surface area contributed by atoms with Crippen molar-refractivity contribution in [2.45, 2.75) is 13.0 Å². The van der Waals surface area contributed by atoms with E-state index < -0.39 is 11.9 Å². The number of rotatable bonds is 2. The van der Waals surface area contributed by atoms with Crippen LogP contribution >= 0.6 is 27.5 Å². The van der Waals surface area contributed by atoms with Crippen molar-refractivity contribution in [1.29, 1.82) is 0 Å². The predicted molar refractivity (Wildman–Crippen MR) is 74.4 cm³/mol. The summed E-state index contributed by atoms with van der Waals surface area (Å²) in [7, 11) is 0. The molecule has 4 heteroatoms. The van der Waals surface area contributed by atoms with Gasteiger partial charge in [0.15, 0.2) is 0 Å². The van der Waals surface area contributed by atoms with E-state index in [2.05, 4.69) is 15.9 Å². The molecule has 0 radical (unpaired) electrons. The number of benzene rings is 2. The van der Waals surface area contributed by atoms with Crippen LogP contribution in [0, 0.1) is 12.7 Å². The Morgan fingerprint density at radius 1 is 1.22 bits per heavy atom. The minimum Gasteiger partial charge on any atom is -0.384 e. The Balaban J connectivity index is 2.41. The van der Waals surface area contributed by atoms with Crippen LogP contribution in [0.3, 0.4) is 0 Å². The third kappa shape index (κ3) is 2.74. The molecule has 0 saturated heterocycles. The predicted octanol–water partition coefficient (Wildman–Crippen LogP) is 4.63. The molecule has 2 rings (SSSR count). The molecule has 0 aliphatic carbocycles. The largest absolute Gasteiger partial charge is 0.384 e. The van der Waals surface area contributed by atoms with E-state index in [1.54, 1.807) is 18.2 Å². The highest BCUT2D eigenvalue weighted by Crippen LogP contribution is 2.28. The molecule has 0 amide bonds. The van der Waals surface area contributed by atoms with Crippen LogP contribution in [0.1, 0.15) is 22.8 Å². The van der Waals surface area contributed by atoms with Crippen LogP contribution in [0.25, 0.3) is 0 Å². The van der Waals surface area contributed by atoms with Gasteiger partial charge in [0, 0.05) is 15.1 Å². The summed E-state index contributed by atoms with van der Waals surface area (Å²) >= 11 is 9.08. The zero-order valence-electron chi connectivity index (χ0n) is 9.62. The van der Waals surface area contributed by atoms with Crippen molar-refractivity contribution < 1.29 is 9.50 Å². The molecular weight excluding hydrogens is 319 g/mol. The number of hydrogen-bond donors (Lipinski definition) is 1. The zero-order chi connectivity index (χ0) is 13.3. The lowest BCUT2D eigenvalue weighted by Crippen LogP contribution is -2.02. The molecule has 0 aliphatic heterocycles. The van der Waals surface area contributed by atoms with E-state index in [0.29, 0.717) is 10.6 Å². The van der Waals surface area contributed by atoms with E-state index >= 15 is 0 Å². The van der Waals surface area contributed by atoms with Crippen molar-refractivity contribution in [3.8, 4) is 0 Å². The van der Waals surface area contributed by atoms with Gasteiger partial charge in [-0.1, -0.05) is 45.7 Å². The van der Waals surface area contributed by atoms with Gasteiger partial charge in [-0.3, -0.25) is 0 Å². The molecule has 2 aromatic rings. The standard InChI is InChI=1S/C14H11BrClFO/c1-8-2-3-9(6-12(8)15)14(18)11-5-4-10(16)7-13(11)17/h2-7,14,18H,1H3. The number of aliphatic hydroxyl groups is 1. The van der Waals surface area contributed by atoms with E-state index in [9.17, 15) is 9.50 Å². The molecule has 1 unspecified atom stereocenters. The summed E-state index contributed by atoms with van der Waals surface area (Å²) in [6.45, 7) is 1.95. The molecule has 1 N–H and O–H groups in total. The normalized spacial score (nSPS) is 12.5. The summed E-state index contributed by atoms with van der Waals surface area (Å²) in [6, 6.07) is 9.69. The smallest absolute Gasteiger partial charge is 0.130 e. The maximum absolute atomic E-state index is 13.7. The molecule has 0 spiro atoms. The summed E-state index contributed by atoms with van der Waals surface area (Å²) in [4.78, 5) is 0. The summed E-state index contributed by atoms with van der Waals surface area (Å²) in [5, 5.41) is 10.5. The van der Waals surface area contributed by atoms with Gasteiger partial charge in [0.25, 0.3) is 0 Å². The van der Waals surface area contributed by atoms with Gasteiger partial charge in [0.05, 0.1) is 0 Å². The van der Waals surface area contributed by atoms with Crippen LogP contribution in [0.2, 0.25) is 5.02 Å². The van der Waals surface area contributed by atoms with Crippen molar-refractivity contribution in [2.24, 2.45) is 0 Å². The molecule has 0 saturated carbocycles. The number of aliphatic hydroxyl groups excluding tert-OH is 1.